The van der Waals surface area contributed by atoms with Gasteiger partial charge in [0.25, 0.3) is 0 Å². The monoisotopic (exact) mass is 282 g/mol. The number of hydrogen-bond acceptors (Lipinski definition) is 3. The second kappa shape index (κ2) is 5.68. The molecule has 3 nitrogen and oxygen atoms in total. The predicted molar refractivity (Wildman–Crippen MR) is 87.8 cm³/mol. The summed E-state index contributed by atoms with van der Waals surface area (Å²) in [5.74, 6) is 1.49. The van der Waals surface area contributed by atoms with E-state index in [4.69, 9.17) is 10.5 Å². The Morgan fingerprint density at radius 3 is 2.86 bits per heavy atom. The Hall–Kier alpha value is -2.16. The highest BCUT2D eigenvalue weighted by molar-refractivity contribution is 5.57. The molecule has 0 aromatic heterocycles. The number of methoxy groups -OCH3 is 1. The summed E-state index contributed by atoms with van der Waals surface area (Å²) in [6.07, 6.45) is 1.16. The molecule has 0 saturated heterocycles. The molecule has 0 spiro atoms. The second-order valence-corrected chi connectivity index (χ2v) is 5.93. The number of anilines is 2. The molecule has 0 amide bonds. The van der Waals surface area contributed by atoms with Gasteiger partial charge >= 0.3 is 0 Å². The van der Waals surface area contributed by atoms with Crippen LogP contribution >= 0.6 is 0 Å². The number of nitrogens with two attached hydrogens (primary N) is 1. The number of benzene rings is 2. The smallest absolute Gasteiger partial charge is 0.121 e. The van der Waals surface area contributed by atoms with Crippen LogP contribution in [0.3, 0.4) is 0 Å². The van der Waals surface area contributed by atoms with E-state index in [9.17, 15) is 0 Å². The first kappa shape index (κ1) is 13.8. The molecular formula is C18H22N2O. The van der Waals surface area contributed by atoms with E-state index in [-0.39, 0.29) is 0 Å². The third-order valence-corrected chi connectivity index (χ3v) is 4.03. The number of rotatable bonds is 3. The third kappa shape index (κ3) is 2.97. The van der Waals surface area contributed by atoms with Crippen LogP contribution < -0.4 is 15.4 Å². The molecule has 0 fully saturated rings. The summed E-state index contributed by atoms with van der Waals surface area (Å²) in [7, 11) is 1.68. The van der Waals surface area contributed by atoms with Gasteiger partial charge in [0.15, 0.2) is 0 Å². The zero-order valence-corrected chi connectivity index (χ0v) is 12.7. The summed E-state index contributed by atoms with van der Waals surface area (Å²) in [6, 6.07) is 14.6. The van der Waals surface area contributed by atoms with Gasteiger partial charge in [0.05, 0.1) is 7.11 Å². The van der Waals surface area contributed by atoms with E-state index in [2.05, 4.69) is 42.2 Å². The van der Waals surface area contributed by atoms with E-state index in [0.29, 0.717) is 5.92 Å². The molecule has 2 N–H and O–H groups in total. The van der Waals surface area contributed by atoms with E-state index in [1.807, 2.05) is 12.1 Å². The second-order valence-electron chi connectivity index (χ2n) is 5.93. The summed E-state index contributed by atoms with van der Waals surface area (Å²) in [6.45, 7) is 4.25. The third-order valence-electron chi connectivity index (χ3n) is 4.03. The molecule has 2 aromatic rings. The van der Waals surface area contributed by atoms with Gasteiger partial charge in [-0.05, 0) is 41.7 Å². The van der Waals surface area contributed by atoms with Gasteiger partial charge < -0.3 is 15.4 Å². The minimum atomic E-state index is 0.669. The Morgan fingerprint density at radius 2 is 2.05 bits per heavy atom. The highest BCUT2D eigenvalue weighted by Gasteiger charge is 2.21. The summed E-state index contributed by atoms with van der Waals surface area (Å²) in [4.78, 5) is 2.44. The normalized spacial score (nSPS) is 17.4. The summed E-state index contributed by atoms with van der Waals surface area (Å²) in [5, 5.41) is 0. The number of nitrogen functional groups attached to an aromatic ring is 1. The molecule has 1 aliphatic rings. The van der Waals surface area contributed by atoms with Gasteiger partial charge in [-0.1, -0.05) is 25.1 Å². The maximum Gasteiger partial charge on any atom is 0.121 e. The van der Waals surface area contributed by atoms with E-state index in [0.717, 1.165) is 30.9 Å². The number of nitrogens with zero attached hydrogens (tertiary/aromatic N) is 1. The van der Waals surface area contributed by atoms with Gasteiger partial charge in [0.2, 0.25) is 0 Å². The molecule has 1 unspecified atom stereocenters. The fraction of sp³-hybridized carbons (Fsp3) is 0.333. The minimum absolute atomic E-state index is 0.669. The molecule has 1 atom stereocenters. The van der Waals surface area contributed by atoms with Crippen molar-refractivity contribution >= 4 is 11.4 Å². The Morgan fingerprint density at radius 1 is 1.24 bits per heavy atom. The molecule has 0 radical (unpaired) electrons. The maximum atomic E-state index is 5.96. The first-order valence-corrected chi connectivity index (χ1v) is 7.42. The quantitative estimate of drug-likeness (QED) is 0.876. The van der Waals surface area contributed by atoms with Gasteiger partial charge in [-0.2, -0.15) is 0 Å². The van der Waals surface area contributed by atoms with Crippen molar-refractivity contribution in [2.24, 2.45) is 5.92 Å². The minimum Gasteiger partial charge on any atom is -0.497 e. The van der Waals surface area contributed by atoms with Crippen LogP contribution in [0.15, 0.2) is 42.5 Å². The number of fused-ring (bicyclic) bond motifs is 1. The standard InChI is InChI=1S/C18H22N2O/c1-13-7-15-5-3-4-6-18(15)20(11-13)12-14-8-16(19)10-17(9-14)21-2/h3-6,8-10,13H,7,11-12,19H2,1-2H3. The molecular weight excluding hydrogens is 260 g/mol. The van der Waals surface area contributed by atoms with E-state index in [1.165, 1.54) is 16.8 Å². The zero-order chi connectivity index (χ0) is 14.8. The lowest BCUT2D eigenvalue weighted by Gasteiger charge is -2.35. The molecule has 3 heteroatoms. The summed E-state index contributed by atoms with van der Waals surface area (Å²) < 4.78 is 5.32. The number of para-hydroxylation sites is 1. The van der Waals surface area contributed by atoms with Crippen LogP contribution in [-0.2, 0) is 13.0 Å². The van der Waals surface area contributed by atoms with Crippen molar-refractivity contribution in [2.45, 2.75) is 19.9 Å². The van der Waals surface area contributed by atoms with Gasteiger partial charge in [0, 0.05) is 30.5 Å². The number of ether oxygens (including phenoxy) is 1. The van der Waals surface area contributed by atoms with Crippen LogP contribution in [0.1, 0.15) is 18.1 Å². The molecule has 1 heterocycles. The topological polar surface area (TPSA) is 38.5 Å². The first-order chi connectivity index (χ1) is 10.2. The summed E-state index contributed by atoms with van der Waals surface area (Å²) >= 11 is 0. The molecule has 0 bridgehead atoms. The molecule has 21 heavy (non-hydrogen) atoms. The van der Waals surface area contributed by atoms with Gasteiger partial charge in [0.1, 0.15) is 5.75 Å². The largest absolute Gasteiger partial charge is 0.497 e. The average molecular weight is 282 g/mol. The fourth-order valence-corrected chi connectivity index (χ4v) is 3.17. The van der Waals surface area contributed by atoms with Crippen LogP contribution in [0.25, 0.3) is 0 Å². The SMILES string of the molecule is COc1cc(N)cc(CN2CC(C)Cc3ccccc32)c1. The Labute approximate surface area is 126 Å². The van der Waals surface area contributed by atoms with Gasteiger partial charge in [-0.3, -0.25) is 0 Å². The lowest BCUT2D eigenvalue weighted by molar-refractivity contribution is 0.414. The van der Waals surface area contributed by atoms with Crippen LogP contribution in [0.2, 0.25) is 0 Å². The molecule has 0 saturated carbocycles. The Kier molecular flexibility index (Phi) is 3.74. The van der Waals surface area contributed by atoms with Gasteiger partial charge in [-0.25, -0.2) is 0 Å². The van der Waals surface area contributed by atoms with Crippen molar-refractivity contribution < 1.29 is 4.74 Å². The zero-order valence-electron chi connectivity index (χ0n) is 12.7. The van der Waals surface area contributed by atoms with Gasteiger partial charge in [-0.15, -0.1) is 0 Å². The molecule has 110 valence electrons. The fourth-order valence-electron chi connectivity index (χ4n) is 3.17. The Balaban J connectivity index is 1.90. The van der Waals surface area contributed by atoms with Crippen molar-refractivity contribution in [1.29, 1.82) is 0 Å². The van der Waals surface area contributed by atoms with E-state index in [1.54, 1.807) is 7.11 Å². The number of hydrogen-bond donors (Lipinski definition) is 1. The van der Waals surface area contributed by atoms with Crippen molar-refractivity contribution in [3.8, 4) is 5.75 Å². The van der Waals surface area contributed by atoms with Crippen molar-refractivity contribution in [2.75, 3.05) is 24.3 Å². The van der Waals surface area contributed by atoms with Crippen molar-refractivity contribution in [3.63, 3.8) is 0 Å². The highest BCUT2D eigenvalue weighted by Crippen LogP contribution is 2.31. The lowest BCUT2D eigenvalue weighted by Crippen LogP contribution is -2.33. The average Bonchev–Trinajstić information content (AvgIpc) is 2.46. The van der Waals surface area contributed by atoms with Crippen LogP contribution in [0.5, 0.6) is 5.75 Å². The highest BCUT2D eigenvalue weighted by atomic mass is 16.5. The molecule has 1 aliphatic heterocycles. The predicted octanol–water partition coefficient (Wildman–Crippen LogP) is 3.48. The van der Waals surface area contributed by atoms with Crippen LogP contribution in [-0.4, -0.2) is 13.7 Å². The van der Waals surface area contributed by atoms with Crippen molar-refractivity contribution in [3.05, 3.63) is 53.6 Å². The molecule has 2 aromatic carbocycles. The van der Waals surface area contributed by atoms with Crippen LogP contribution in [0, 0.1) is 5.92 Å². The maximum absolute atomic E-state index is 5.96. The molecule has 0 aliphatic carbocycles. The lowest BCUT2D eigenvalue weighted by atomic mass is 9.93. The van der Waals surface area contributed by atoms with Crippen molar-refractivity contribution in [1.82, 2.24) is 0 Å². The van der Waals surface area contributed by atoms with Crippen LogP contribution in [0.4, 0.5) is 11.4 Å². The van der Waals surface area contributed by atoms with E-state index < -0.39 is 0 Å². The first-order valence-electron chi connectivity index (χ1n) is 7.42. The molecule has 3 rings (SSSR count). The van der Waals surface area contributed by atoms with E-state index >= 15 is 0 Å². The summed E-state index contributed by atoms with van der Waals surface area (Å²) in [5.41, 5.74) is 10.7. The Bertz CT molecular complexity index is 639.